The minimum Gasteiger partial charge on any atom is -0.444 e. The van der Waals surface area contributed by atoms with E-state index >= 15 is 0 Å². The molecule has 1 fully saturated rings. The number of nitrogens with one attached hydrogen (secondary N) is 1. The number of amides is 1. The average Bonchev–Trinajstić information content (AvgIpc) is 2.30. The molecule has 4 heteroatoms. The van der Waals surface area contributed by atoms with Gasteiger partial charge in [-0.25, -0.2) is 4.79 Å². The van der Waals surface area contributed by atoms with Crippen molar-refractivity contribution >= 4 is 6.09 Å². The Morgan fingerprint density at radius 2 is 1.73 bits per heavy atom. The third-order valence-corrected chi connectivity index (χ3v) is 4.22. The average molecular weight is 312 g/mol. The molecule has 0 aromatic carbocycles. The van der Waals surface area contributed by atoms with Gasteiger partial charge in [0.25, 0.3) is 0 Å². The second-order valence-corrected chi connectivity index (χ2v) is 8.34. The number of carbonyl (C=O) groups excluding carboxylic acids is 1. The minimum absolute atomic E-state index is 0.154. The summed E-state index contributed by atoms with van der Waals surface area (Å²) in [6.07, 6.45) is 3.63. The fourth-order valence-corrected chi connectivity index (χ4v) is 3.38. The molecule has 0 aliphatic heterocycles. The van der Waals surface area contributed by atoms with Gasteiger partial charge in [-0.05, 0) is 65.7 Å². The normalized spacial score (nSPS) is 26.1. The lowest BCUT2D eigenvalue weighted by molar-refractivity contribution is 0.0190. The lowest BCUT2D eigenvalue weighted by atomic mass is 9.80. The van der Waals surface area contributed by atoms with E-state index in [1.807, 2.05) is 39.5 Å². The van der Waals surface area contributed by atoms with Crippen LogP contribution in [0.5, 0.6) is 0 Å². The van der Waals surface area contributed by atoms with Gasteiger partial charge in [0.2, 0.25) is 0 Å². The standard InChI is InChI=1S/C18H36N2O2/c1-13(2)20(17(21)22-18(5,6)7)9-8-19-16-11-14(3)10-15(4)12-16/h13-16,19H,8-12H2,1-7H3. The van der Waals surface area contributed by atoms with Crippen molar-refractivity contribution in [1.82, 2.24) is 10.2 Å². The van der Waals surface area contributed by atoms with E-state index in [0.717, 1.165) is 18.4 Å². The molecule has 0 saturated heterocycles. The molecule has 2 atom stereocenters. The highest BCUT2D eigenvalue weighted by molar-refractivity contribution is 5.68. The molecule has 1 aliphatic rings. The molecule has 0 heterocycles. The zero-order valence-electron chi connectivity index (χ0n) is 15.6. The summed E-state index contributed by atoms with van der Waals surface area (Å²) < 4.78 is 5.50. The van der Waals surface area contributed by atoms with E-state index in [-0.39, 0.29) is 12.1 Å². The van der Waals surface area contributed by atoms with E-state index in [0.29, 0.717) is 12.6 Å². The van der Waals surface area contributed by atoms with Crippen molar-refractivity contribution in [1.29, 1.82) is 0 Å². The third-order valence-electron chi connectivity index (χ3n) is 4.22. The SMILES string of the molecule is CC1CC(C)CC(NCCN(C(=O)OC(C)(C)C)C(C)C)C1. The molecule has 1 saturated carbocycles. The largest absolute Gasteiger partial charge is 0.444 e. The van der Waals surface area contributed by atoms with Gasteiger partial charge in [0.1, 0.15) is 5.60 Å². The number of nitrogens with zero attached hydrogens (tertiary/aromatic N) is 1. The van der Waals surface area contributed by atoms with Crippen molar-refractivity contribution in [2.75, 3.05) is 13.1 Å². The van der Waals surface area contributed by atoms with Crippen LogP contribution in [0.1, 0.15) is 67.7 Å². The Kier molecular flexibility index (Phi) is 7.17. The smallest absolute Gasteiger partial charge is 0.410 e. The lowest BCUT2D eigenvalue weighted by Crippen LogP contribution is -2.46. The monoisotopic (exact) mass is 312 g/mol. The molecule has 22 heavy (non-hydrogen) atoms. The van der Waals surface area contributed by atoms with Gasteiger partial charge in [-0.2, -0.15) is 0 Å². The van der Waals surface area contributed by atoms with Crippen LogP contribution in [-0.2, 0) is 4.74 Å². The first-order valence-electron chi connectivity index (χ1n) is 8.81. The van der Waals surface area contributed by atoms with E-state index in [1.54, 1.807) is 0 Å². The minimum atomic E-state index is -0.439. The van der Waals surface area contributed by atoms with Gasteiger partial charge in [-0.15, -0.1) is 0 Å². The topological polar surface area (TPSA) is 41.6 Å². The van der Waals surface area contributed by atoms with Crippen LogP contribution in [0.2, 0.25) is 0 Å². The first kappa shape index (κ1) is 19.3. The van der Waals surface area contributed by atoms with Crippen LogP contribution in [-0.4, -0.2) is 41.8 Å². The zero-order valence-corrected chi connectivity index (χ0v) is 15.6. The van der Waals surface area contributed by atoms with Crippen molar-refractivity contribution in [3.8, 4) is 0 Å². The van der Waals surface area contributed by atoms with E-state index in [2.05, 4.69) is 19.2 Å². The molecular weight excluding hydrogens is 276 g/mol. The molecule has 2 unspecified atom stereocenters. The Morgan fingerprint density at radius 1 is 1.18 bits per heavy atom. The molecule has 0 bridgehead atoms. The number of rotatable bonds is 5. The van der Waals surface area contributed by atoms with Crippen LogP contribution in [0.4, 0.5) is 4.79 Å². The van der Waals surface area contributed by atoms with Crippen molar-refractivity contribution in [2.24, 2.45) is 11.8 Å². The molecule has 4 nitrogen and oxygen atoms in total. The highest BCUT2D eigenvalue weighted by Gasteiger charge is 2.26. The van der Waals surface area contributed by atoms with Gasteiger partial charge >= 0.3 is 6.09 Å². The van der Waals surface area contributed by atoms with Crippen molar-refractivity contribution in [3.05, 3.63) is 0 Å². The van der Waals surface area contributed by atoms with Crippen molar-refractivity contribution < 1.29 is 9.53 Å². The molecule has 0 aromatic rings. The van der Waals surface area contributed by atoms with Crippen LogP contribution >= 0.6 is 0 Å². The Hall–Kier alpha value is -0.770. The van der Waals surface area contributed by atoms with Crippen LogP contribution in [0.3, 0.4) is 0 Å². The predicted octanol–water partition coefficient (Wildman–Crippen LogP) is 4.05. The lowest BCUT2D eigenvalue weighted by Gasteiger charge is -2.34. The molecule has 130 valence electrons. The van der Waals surface area contributed by atoms with E-state index in [4.69, 9.17) is 4.74 Å². The molecule has 0 radical (unpaired) electrons. The van der Waals surface area contributed by atoms with Crippen molar-refractivity contribution in [2.45, 2.75) is 85.4 Å². The summed E-state index contributed by atoms with van der Waals surface area (Å²) in [4.78, 5) is 14.1. The highest BCUT2D eigenvalue weighted by atomic mass is 16.6. The fraction of sp³-hybridized carbons (Fsp3) is 0.944. The first-order valence-corrected chi connectivity index (χ1v) is 8.81. The Morgan fingerprint density at radius 3 is 2.18 bits per heavy atom. The molecule has 0 aromatic heterocycles. The maximum Gasteiger partial charge on any atom is 0.410 e. The quantitative estimate of drug-likeness (QED) is 0.833. The van der Waals surface area contributed by atoms with Crippen LogP contribution in [0, 0.1) is 11.8 Å². The van der Waals surface area contributed by atoms with Crippen LogP contribution in [0.25, 0.3) is 0 Å². The number of ether oxygens (including phenoxy) is 1. The molecule has 1 amide bonds. The fourth-order valence-electron chi connectivity index (χ4n) is 3.38. The van der Waals surface area contributed by atoms with E-state index in [9.17, 15) is 4.79 Å². The number of carbonyl (C=O) groups is 1. The van der Waals surface area contributed by atoms with Gasteiger partial charge in [0.15, 0.2) is 0 Å². The number of hydrogen-bond acceptors (Lipinski definition) is 3. The summed E-state index contributed by atoms with van der Waals surface area (Å²) in [5.41, 5.74) is -0.439. The molecular formula is C18H36N2O2. The van der Waals surface area contributed by atoms with Crippen LogP contribution in [0.15, 0.2) is 0 Å². The third kappa shape index (κ3) is 6.99. The van der Waals surface area contributed by atoms with Gasteiger partial charge in [0.05, 0.1) is 0 Å². The van der Waals surface area contributed by atoms with Gasteiger partial charge in [-0.3, -0.25) is 0 Å². The second kappa shape index (κ2) is 8.19. The summed E-state index contributed by atoms with van der Waals surface area (Å²) in [5, 5.41) is 3.64. The second-order valence-electron chi connectivity index (χ2n) is 8.34. The van der Waals surface area contributed by atoms with Crippen molar-refractivity contribution in [3.63, 3.8) is 0 Å². The summed E-state index contributed by atoms with van der Waals surface area (Å²) >= 11 is 0. The molecule has 1 N–H and O–H groups in total. The summed E-state index contributed by atoms with van der Waals surface area (Å²) in [5.74, 6) is 1.60. The Labute approximate surface area is 137 Å². The maximum absolute atomic E-state index is 12.3. The van der Waals surface area contributed by atoms with Gasteiger partial charge < -0.3 is 15.0 Å². The summed E-state index contributed by atoms with van der Waals surface area (Å²) in [7, 11) is 0. The Bertz CT molecular complexity index is 339. The van der Waals surface area contributed by atoms with Gasteiger partial charge in [0, 0.05) is 25.2 Å². The molecule has 1 aliphatic carbocycles. The molecule has 1 rings (SSSR count). The van der Waals surface area contributed by atoms with Crippen LogP contribution < -0.4 is 5.32 Å². The molecule has 0 spiro atoms. The zero-order chi connectivity index (χ0) is 16.9. The maximum atomic E-state index is 12.3. The highest BCUT2D eigenvalue weighted by Crippen LogP contribution is 2.28. The Balaban J connectivity index is 2.43. The summed E-state index contributed by atoms with van der Waals surface area (Å²) in [6.45, 7) is 16.0. The predicted molar refractivity (Wildman–Crippen MR) is 92.0 cm³/mol. The van der Waals surface area contributed by atoms with Gasteiger partial charge in [-0.1, -0.05) is 13.8 Å². The van der Waals surface area contributed by atoms with E-state index in [1.165, 1.54) is 19.3 Å². The van der Waals surface area contributed by atoms with E-state index < -0.39 is 5.60 Å². The number of hydrogen-bond donors (Lipinski definition) is 1. The summed E-state index contributed by atoms with van der Waals surface area (Å²) in [6, 6.07) is 0.743. The first-order chi connectivity index (χ1) is 10.1.